The number of aryl methyl sites for hydroxylation is 1. The van der Waals surface area contributed by atoms with E-state index < -0.39 is 0 Å². The molecule has 8 nitrogen and oxygen atoms in total. The molecular formula is C26H32N8S. The fourth-order valence-corrected chi connectivity index (χ4v) is 4.44. The van der Waals surface area contributed by atoms with Gasteiger partial charge < -0.3 is 19.3 Å². The van der Waals surface area contributed by atoms with Gasteiger partial charge in [-0.25, -0.2) is 0 Å². The zero-order valence-electron chi connectivity index (χ0n) is 20.7. The summed E-state index contributed by atoms with van der Waals surface area (Å²) in [5.74, 6) is 0. The molecule has 9 heteroatoms. The molecule has 4 rings (SSSR count). The second-order valence-electron chi connectivity index (χ2n) is 8.46. The summed E-state index contributed by atoms with van der Waals surface area (Å²) in [4.78, 5) is 7.75. The van der Waals surface area contributed by atoms with E-state index in [0.29, 0.717) is 0 Å². The minimum Gasteiger partial charge on any atom is -0.370 e. The van der Waals surface area contributed by atoms with Gasteiger partial charge >= 0.3 is 0 Å². The minimum absolute atomic E-state index is 0.794. The molecule has 0 bridgehead atoms. The molecule has 0 atom stereocenters. The van der Waals surface area contributed by atoms with Crippen molar-refractivity contribution >= 4 is 34.6 Å². The Kier molecular flexibility index (Phi) is 8.10. The summed E-state index contributed by atoms with van der Waals surface area (Å²) in [5.41, 5.74) is 4.95. The quantitative estimate of drug-likeness (QED) is 0.235. The van der Waals surface area contributed by atoms with Crippen LogP contribution in [-0.4, -0.2) is 53.9 Å². The van der Waals surface area contributed by atoms with E-state index >= 15 is 0 Å². The van der Waals surface area contributed by atoms with Crippen LogP contribution in [0.4, 0.5) is 17.1 Å². The summed E-state index contributed by atoms with van der Waals surface area (Å²) in [5, 5.41) is 19.3. The molecule has 35 heavy (non-hydrogen) atoms. The number of hydrogen-bond donors (Lipinski definition) is 0. The molecule has 1 aliphatic rings. The average molecular weight is 489 g/mol. The Morgan fingerprint density at radius 2 is 1.66 bits per heavy atom. The number of rotatable bonds is 9. The molecule has 0 saturated carbocycles. The summed E-state index contributed by atoms with van der Waals surface area (Å²) < 4.78 is 2.02. The molecule has 0 aliphatic carbocycles. The number of aromatic nitrogens is 1. The first-order chi connectivity index (χ1) is 17.0. The first-order valence-electron chi connectivity index (χ1n) is 11.7. The van der Waals surface area contributed by atoms with Crippen LogP contribution in [0, 0.1) is 6.92 Å². The standard InChI is InChI=1S/C26H32N8S/c1-5-34(17-16-33-15-14-31(3)20-33)25-12-10-24(11-13-25)29-28-23-8-6-22(7-9-23)18-27-30-26-32(4)21(2)19-35-26/h6-15,18-19H,5,16-17,20H2,1-4H3/b27-18+,29-28?,30-26-. The molecule has 2 heterocycles. The fourth-order valence-electron chi connectivity index (χ4n) is 3.61. The second-order valence-corrected chi connectivity index (χ2v) is 9.30. The monoisotopic (exact) mass is 488 g/mol. The van der Waals surface area contributed by atoms with Crippen LogP contribution in [-0.2, 0) is 7.05 Å². The van der Waals surface area contributed by atoms with Crippen LogP contribution in [0.15, 0.2) is 86.7 Å². The van der Waals surface area contributed by atoms with Crippen molar-refractivity contribution in [3.05, 3.63) is 82.4 Å². The number of azo groups is 1. The number of benzene rings is 2. The second kappa shape index (κ2) is 11.6. The zero-order chi connectivity index (χ0) is 24.6. The van der Waals surface area contributed by atoms with Crippen molar-refractivity contribution < 1.29 is 0 Å². The molecule has 182 valence electrons. The van der Waals surface area contributed by atoms with Crippen molar-refractivity contribution in [1.82, 2.24) is 14.4 Å². The molecule has 0 N–H and O–H groups in total. The van der Waals surface area contributed by atoms with Crippen molar-refractivity contribution in [2.75, 3.05) is 38.3 Å². The van der Waals surface area contributed by atoms with Gasteiger partial charge in [0.15, 0.2) is 0 Å². The maximum atomic E-state index is 4.39. The Balaban J connectivity index is 1.32. The SMILES string of the molecule is CCN(CCN1C=CN(C)C1)c1ccc(N=Nc2ccc(/C=N/N=c3\scc(C)n3C)cc2)cc1. The van der Waals surface area contributed by atoms with E-state index in [1.807, 2.05) is 54.9 Å². The Labute approximate surface area is 210 Å². The first-order valence-corrected chi connectivity index (χ1v) is 12.6. The predicted molar refractivity (Wildman–Crippen MR) is 145 cm³/mol. The Morgan fingerprint density at radius 1 is 0.971 bits per heavy atom. The molecule has 1 aliphatic heterocycles. The van der Waals surface area contributed by atoms with E-state index in [2.05, 4.69) is 79.0 Å². The highest BCUT2D eigenvalue weighted by Crippen LogP contribution is 2.22. The van der Waals surface area contributed by atoms with Gasteiger partial charge in [0.1, 0.15) is 0 Å². The Bertz CT molecular complexity index is 1250. The van der Waals surface area contributed by atoms with Gasteiger partial charge in [0.2, 0.25) is 4.80 Å². The van der Waals surface area contributed by atoms with Crippen LogP contribution in [0.2, 0.25) is 0 Å². The molecule has 3 aromatic rings. The molecule has 1 aromatic heterocycles. The van der Waals surface area contributed by atoms with Crippen LogP contribution in [0.25, 0.3) is 0 Å². The largest absolute Gasteiger partial charge is 0.370 e. The Morgan fingerprint density at radius 3 is 2.23 bits per heavy atom. The topological polar surface area (TPSA) is 64.1 Å². The van der Waals surface area contributed by atoms with Crippen LogP contribution in [0.3, 0.4) is 0 Å². The van der Waals surface area contributed by atoms with Gasteiger partial charge in [-0.15, -0.1) is 16.4 Å². The highest BCUT2D eigenvalue weighted by molar-refractivity contribution is 7.07. The van der Waals surface area contributed by atoms with Gasteiger partial charge in [-0.2, -0.15) is 15.3 Å². The fraction of sp³-hybridized carbons (Fsp3) is 0.308. The van der Waals surface area contributed by atoms with E-state index in [0.717, 1.165) is 48.0 Å². The smallest absolute Gasteiger partial charge is 0.210 e. The average Bonchev–Trinajstić information content (AvgIpc) is 3.44. The van der Waals surface area contributed by atoms with Crippen molar-refractivity contribution in [2.45, 2.75) is 13.8 Å². The van der Waals surface area contributed by atoms with Gasteiger partial charge in [0, 0.05) is 62.9 Å². The normalized spacial score (nSPS) is 14.2. The molecule has 0 unspecified atom stereocenters. The molecule has 0 fully saturated rings. The van der Waals surface area contributed by atoms with E-state index in [-0.39, 0.29) is 0 Å². The minimum atomic E-state index is 0.794. The maximum Gasteiger partial charge on any atom is 0.210 e. The number of thiazole rings is 1. The molecule has 0 radical (unpaired) electrons. The first kappa shape index (κ1) is 24.4. The molecule has 0 amide bonds. The van der Waals surface area contributed by atoms with Crippen LogP contribution >= 0.6 is 11.3 Å². The van der Waals surface area contributed by atoms with E-state index in [1.165, 1.54) is 11.4 Å². The Hall–Kier alpha value is -3.72. The summed E-state index contributed by atoms with van der Waals surface area (Å²) in [7, 11) is 4.08. The lowest BCUT2D eigenvalue weighted by Crippen LogP contribution is -2.33. The third-order valence-electron chi connectivity index (χ3n) is 5.87. The third kappa shape index (κ3) is 6.66. The van der Waals surface area contributed by atoms with Gasteiger partial charge in [-0.3, -0.25) is 0 Å². The van der Waals surface area contributed by atoms with E-state index in [1.54, 1.807) is 17.6 Å². The zero-order valence-corrected chi connectivity index (χ0v) is 21.6. The van der Waals surface area contributed by atoms with Gasteiger partial charge in [0.25, 0.3) is 0 Å². The summed E-state index contributed by atoms with van der Waals surface area (Å²) in [6.45, 7) is 8.12. The van der Waals surface area contributed by atoms with Crippen molar-refractivity contribution in [2.24, 2.45) is 27.5 Å². The summed E-state index contributed by atoms with van der Waals surface area (Å²) >= 11 is 1.58. The number of hydrogen-bond acceptors (Lipinski definition) is 8. The molecule has 0 saturated heterocycles. The van der Waals surface area contributed by atoms with Crippen molar-refractivity contribution in [1.29, 1.82) is 0 Å². The summed E-state index contributed by atoms with van der Waals surface area (Å²) in [6.07, 6.45) is 6.00. The van der Waals surface area contributed by atoms with Crippen LogP contribution in [0.5, 0.6) is 0 Å². The van der Waals surface area contributed by atoms with Crippen LogP contribution < -0.4 is 9.70 Å². The van der Waals surface area contributed by atoms with E-state index in [9.17, 15) is 0 Å². The lowest BCUT2D eigenvalue weighted by molar-refractivity contribution is 0.301. The highest BCUT2D eigenvalue weighted by atomic mass is 32.1. The lowest BCUT2D eigenvalue weighted by atomic mass is 10.2. The van der Waals surface area contributed by atoms with Gasteiger partial charge in [0.05, 0.1) is 24.3 Å². The lowest BCUT2D eigenvalue weighted by Gasteiger charge is -2.26. The third-order valence-corrected chi connectivity index (χ3v) is 6.89. The summed E-state index contributed by atoms with van der Waals surface area (Å²) in [6, 6.07) is 16.0. The van der Waals surface area contributed by atoms with Gasteiger partial charge in [-0.1, -0.05) is 12.1 Å². The maximum absolute atomic E-state index is 4.39. The predicted octanol–water partition coefficient (Wildman–Crippen LogP) is 5.25. The molecule has 2 aromatic carbocycles. The highest BCUT2D eigenvalue weighted by Gasteiger charge is 2.10. The molecule has 0 spiro atoms. The molecular weight excluding hydrogens is 456 g/mol. The van der Waals surface area contributed by atoms with E-state index in [4.69, 9.17) is 0 Å². The number of nitrogens with zero attached hydrogens (tertiary/aromatic N) is 8. The van der Waals surface area contributed by atoms with Gasteiger partial charge in [-0.05, 0) is 55.8 Å². The van der Waals surface area contributed by atoms with Crippen LogP contribution in [0.1, 0.15) is 18.2 Å². The number of likely N-dealkylation sites (N-methyl/N-ethyl adjacent to an activating group) is 1. The number of anilines is 1. The van der Waals surface area contributed by atoms with Crippen molar-refractivity contribution in [3.8, 4) is 0 Å². The van der Waals surface area contributed by atoms with Crippen molar-refractivity contribution in [3.63, 3.8) is 0 Å².